The van der Waals surface area contributed by atoms with Crippen LogP contribution in [-0.4, -0.2) is 35.5 Å². The predicted molar refractivity (Wildman–Crippen MR) is 84.0 cm³/mol. The second-order valence-electron chi connectivity index (χ2n) is 5.62. The van der Waals surface area contributed by atoms with Crippen molar-refractivity contribution in [3.63, 3.8) is 0 Å². The SMILES string of the molecule is CC(C)CNc1cccc(C2CN3CCSC3=N2)c1. The van der Waals surface area contributed by atoms with E-state index in [2.05, 4.69) is 48.3 Å². The molecule has 1 fully saturated rings. The van der Waals surface area contributed by atoms with Gasteiger partial charge in [-0.1, -0.05) is 37.7 Å². The Morgan fingerprint density at radius 2 is 2.37 bits per heavy atom. The first-order chi connectivity index (χ1) is 9.22. The van der Waals surface area contributed by atoms with E-state index in [1.807, 2.05) is 11.8 Å². The van der Waals surface area contributed by atoms with Gasteiger partial charge in [-0.25, -0.2) is 0 Å². The van der Waals surface area contributed by atoms with Gasteiger partial charge in [0.1, 0.15) is 0 Å². The average molecular weight is 275 g/mol. The smallest absolute Gasteiger partial charge is 0.160 e. The van der Waals surface area contributed by atoms with Crippen molar-refractivity contribution >= 4 is 22.6 Å². The highest BCUT2D eigenvalue weighted by Gasteiger charge is 2.30. The van der Waals surface area contributed by atoms with Crippen molar-refractivity contribution in [3.05, 3.63) is 29.8 Å². The van der Waals surface area contributed by atoms with Gasteiger partial charge in [0.25, 0.3) is 0 Å². The lowest BCUT2D eigenvalue weighted by atomic mass is 10.1. The molecule has 0 spiro atoms. The minimum absolute atomic E-state index is 0.323. The van der Waals surface area contributed by atoms with Crippen LogP contribution in [0.15, 0.2) is 29.3 Å². The molecule has 0 radical (unpaired) electrons. The van der Waals surface area contributed by atoms with Crippen LogP contribution >= 0.6 is 11.8 Å². The molecule has 1 saturated heterocycles. The fraction of sp³-hybridized carbons (Fsp3) is 0.533. The number of aliphatic imine (C=N–C) groups is 1. The third kappa shape index (κ3) is 2.89. The predicted octanol–water partition coefficient (Wildman–Crippen LogP) is 3.21. The first-order valence-corrected chi connectivity index (χ1v) is 8.00. The molecule has 0 aromatic heterocycles. The molecule has 4 heteroatoms. The summed E-state index contributed by atoms with van der Waals surface area (Å²) in [6.07, 6.45) is 0. The molecule has 2 heterocycles. The zero-order valence-electron chi connectivity index (χ0n) is 11.6. The van der Waals surface area contributed by atoms with Gasteiger partial charge in [0.05, 0.1) is 6.04 Å². The molecule has 0 bridgehead atoms. The molecule has 0 amide bonds. The van der Waals surface area contributed by atoms with Crippen molar-refractivity contribution in [2.24, 2.45) is 10.9 Å². The summed E-state index contributed by atoms with van der Waals surface area (Å²) < 4.78 is 0. The quantitative estimate of drug-likeness (QED) is 0.914. The minimum Gasteiger partial charge on any atom is -0.385 e. The van der Waals surface area contributed by atoms with Gasteiger partial charge in [-0.2, -0.15) is 0 Å². The van der Waals surface area contributed by atoms with Gasteiger partial charge in [-0.15, -0.1) is 0 Å². The molecule has 3 rings (SSSR count). The van der Waals surface area contributed by atoms with Crippen molar-refractivity contribution in [1.29, 1.82) is 0 Å². The van der Waals surface area contributed by atoms with Gasteiger partial charge >= 0.3 is 0 Å². The van der Waals surface area contributed by atoms with Gasteiger partial charge in [0.2, 0.25) is 0 Å². The molecule has 1 atom stereocenters. The molecule has 2 aliphatic rings. The number of anilines is 1. The number of hydrogen-bond donors (Lipinski definition) is 1. The van der Waals surface area contributed by atoms with E-state index in [9.17, 15) is 0 Å². The van der Waals surface area contributed by atoms with Gasteiger partial charge in [-0.3, -0.25) is 4.99 Å². The highest BCUT2D eigenvalue weighted by molar-refractivity contribution is 8.14. The van der Waals surface area contributed by atoms with Crippen LogP contribution in [0.25, 0.3) is 0 Å². The standard InChI is InChI=1S/C15H21N3S/c1-11(2)9-16-13-5-3-4-12(8-13)14-10-18-6-7-19-15(18)17-14/h3-5,8,11,14,16H,6-7,9-10H2,1-2H3. The normalized spacial score (nSPS) is 21.7. The summed E-state index contributed by atoms with van der Waals surface area (Å²) in [7, 11) is 0. The lowest BCUT2D eigenvalue weighted by Crippen LogP contribution is -2.21. The Hall–Kier alpha value is -1.16. The van der Waals surface area contributed by atoms with E-state index in [1.54, 1.807) is 0 Å². The van der Waals surface area contributed by atoms with Gasteiger partial charge in [0, 0.05) is 31.1 Å². The highest BCUT2D eigenvalue weighted by atomic mass is 32.2. The summed E-state index contributed by atoms with van der Waals surface area (Å²) >= 11 is 1.89. The van der Waals surface area contributed by atoms with E-state index in [1.165, 1.54) is 22.2 Å². The molecule has 0 aliphatic carbocycles. The second kappa shape index (κ2) is 5.45. The Balaban J connectivity index is 1.71. The molecular formula is C15H21N3S. The molecule has 1 aromatic carbocycles. The number of benzene rings is 1. The molecular weight excluding hydrogens is 254 g/mol. The van der Waals surface area contributed by atoms with Crippen molar-refractivity contribution in [2.45, 2.75) is 19.9 Å². The maximum atomic E-state index is 4.83. The Kier molecular flexibility index (Phi) is 3.69. The van der Waals surface area contributed by atoms with Crippen molar-refractivity contribution in [1.82, 2.24) is 4.90 Å². The maximum absolute atomic E-state index is 4.83. The minimum atomic E-state index is 0.323. The Bertz CT molecular complexity index is 484. The molecule has 1 unspecified atom stereocenters. The van der Waals surface area contributed by atoms with E-state index in [0.29, 0.717) is 12.0 Å². The summed E-state index contributed by atoms with van der Waals surface area (Å²) in [6.45, 7) is 7.68. The second-order valence-corrected chi connectivity index (χ2v) is 6.68. The number of nitrogens with one attached hydrogen (secondary N) is 1. The molecule has 1 aromatic rings. The number of amidine groups is 1. The lowest BCUT2D eigenvalue weighted by Gasteiger charge is -2.14. The van der Waals surface area contributed by atoms with Gasteiger partial charge in [0.15, 0.2) is 5.17 Å². The zero-order valence-corrected chi connectivity index (χ0v) is 12.4. The van der Waals surface area contributed by atoms with Crippen molar-refractivity contribution in [3.8, 4) is 0 Å². The molecule has 2 aliphatic heterocycles. The fourth-order valence-corrected chi connectivity index (χ4v) is 3.51. The van der Waals surface area contributed by atoms with E-state index >= 15 is 0 Å². The summed E-state index contributed by atoms with van der Waals surface area (Å²) in [5.74, 6) is 1.86. The third-order valence-corrected chi connectivity index (χ3v) is 4.52. The third-order valence-electron chi connectivity index (χ3n) is 3.51. The summed E-state index contributed by atoms with van der Waals surface area (Å²) in [4.78, 5) is 7.24. The fourth-order valence-electron chi connectivity index (χ4n) is 2.46. The van der Waals surface area contributed by atoms with Crippen LogP contribution in [0.2, 0.25) is 0 Å². The maximum Gasteiger partial charge on any atom is 0.160 e. The van der Waals surface area contributed by atoms with Gasteiger partial charge < -0.3 is 10.2 Å². The zero-order chi connectivity index (χ0) is 13.2. The molecule has 1 N–H and O–H groups in total. The number of rotatable bonds is 4. The first-order valence-electron chi connectivity index (χ1n) is 7.02. The average Bonchev–Trinajstić information content (AvgIpc) is 2.97. The molecule has 3 nitrogen and oxygen atoms in total. The van der Waals surface area contributed by atoms with Crippen molar-refractivity contribution in [2.75, 3.05) is 30.7 Å². The van der Waals surface area contributed by atoms with Crippen LogP contribution in [0.5, 0.6) is 0 Å². The molecule has 19 heavy (non-hydrogen) atoms. The van der Waals surface area contributed by atoms with Crippen LogP contribution in [0.3, 0.4) is 0 Å². The number of hydrogen-bond acceptors (Lipinski definition) is 4. The van der Waals surface area contributed by atoms with Crippen LogP contribution < -0.4 is 5.32 Å². The van der Waals surface area contributed by atoms with Crippen molar-refractivity contribution < 1.29 is 0 Å². The van der Waals surface area contributed by atoms with Crippen LogP contribution in [0.4, 0.5) is 5.69 Å². The van der Waals surface area contributed by atoms with Gasteiger partial charge in [-0.05, 0) is 23.6 Å². The van der Waals surface area contributed by atoms with Crippen LogP contribution in [0, 0.1) is 5.92 Å². The molecule has 102 valence electrons. The Morgan fingerprint density at radius 3 is 3.16 bits per heavy atom. The highest BCUT2D eigenvalue weighted by Crippen LogP contribution is 2.32. The monoisotopic (exact) mass is 275 g/mol. The first kappa shape index (κ1) is 12.9. The number of thioether (sulfide) groups is 1. The topological polar surface area (TPSA) is 27.6 Å². The van der Waals surface area contributed by atoms with E-state index in [4.69, 9.17) is 4.99 Å². The van der Waals surface area contributed by atoms with E-state index in [0.717, 1.165) is 19.6 Å². The largest absolute Gasteiger partial charge is 0.385 e. The Labute approximate surface area is 119 Å². The van der Waals surface area contributed by atoms with E-state index in [-0.39, 0.29) is 0 Å². The Morgan fingerprint density at radius 1 is 1.47 bits per heavy atom. The lowest BCUT2D eigenvalue weighted by molar-refractivity contribution is 0.464. The molecule has 0 saturated carbocycles. The van der Waals surface area contributed by atoms with Crippen LogP contribution in [0.1, 0.15) is 25.5 Å². The number of fused-ring (bicyclic) bond motifs is 1. The summed E-state index contributed by atoms with van der Waals surface area (Å²) in [6, 6.07) is 9.05. The van der Waals surface area contributed by atoms with E-state index < -0.39 is 0 Å². The summed E-state index contributed by atoms with van der Waals surface area (Å²) in [5.41, 5.74) is 2.54. The number of nitrogens with zero attached hydrogens (tertiary/aromatic N) is 2. The van der Waals surface area contributed by atoms with Crippen LogP contribution in [-0.2, 0) is 0 Å². The summed E-state index contributed by atoms with van der Waals surface area (Å²) in [5, 5.41) is 4.73.